The summed E-state index contributed by atoms with van der Waals surface area (Å²) in [5, 5.41) is 5.88. The number of rotatable bonds is 3. The molecule has 1 atom stereocenters. The van der Waals surface area contributed by atoms with Crippen molar-refractivity contribution < 1.29 is 4.79 Å². The zero-order valence-corrected chi connectivity index (χ0v) is 12.1. The average Bonchev–Trinajstić information content (AvgIpc) is 2.44. The van der Waals surface area contributed by atoms with E-state index >= 15 is 0 Å². The number of benzene rings is 2. The summed E-state index contributed by atoms with van der Waals surface area (Å²) >= 11 is 0. The molecule has 2 aromatic carbocycles. The van der Waals surface area contributed by atoms with Crippen LogP contribution >= 0.6 is 0 Å². The maximum absolute atomic E-state index is 12.1. The van der Waals surface area contributed by atoms with Gasteiger partial charge in [-0.15, -0.1) is 0 Å². The molecule has 0 bridgehead atoms. The van der Waals surface area contributed by atoms with Crippen LogP contribution in [0, 0.1) is 13.8 Å². The molecule has 3 heteroatoms. The molecule has 0 aliphatic heterocycles. The van der Waals surface area contributed by atoms with E-state index in [1.165, 1.54) is 0 Å². The standard InChI is InChI=1S/C17H20N2O/c1-12-8-7-9-13(2)16(12)19-17(20)18-14(3)15-10-5-4-6-11-15/h4-11,14H,1-3H3,(H2,18,19,20). The average molecular weight is 268 g/mol. The van der Waals surface area contributed by atoms with E-state index in [-0.39, 0.29) is 12.1 Å². The Hall–Kier alpha value is -2.29. The quantitative estimate of drug-likeness (QED) is 0.861. The van der Waals surface area contributed by atoms with Crippen LogP contribution in [0.15, 0.2) is 48.5 Å². The molecule has 2 aromatic rings. The first kappa shape index (κ1) is 14.1. The number of hydrogen-bond donors (Lipinski definition) is 2. The molecule has 0 spiro atoms. The van der Waals surface area contributed by atoms with Crippen LogP contribution in [0.3, 0.4) is 0 Å². The molecule has 104 valence electrons. The molecule has 2 N–H and O–H groups in total. The van der Waals surface area contributed by atoms with Gasteiger partial charge in [-0.2, -0.15) is 0 Å². The van der Waals surface area contributed by atoms with Crippen LogP contribution in [0.4, 0.5) is 10.5 Å². The van der Waals surface area contributed by atoms with E-state index in [1.807, 2.05) is 69.3 Å². The van der Waals surface area contributed by atoms with Crippen LogP contribution in [0.25, 0.3) is 0 Å². The first-order valence-corrected chi connectivity index (χ1v) is 6.76. The molecular weight excluding hydrogens is 248 g/mol. The van der Waals surface area contributed by atoms with Gasteiger partial charge in [0.15, 0.2) is 0 Å². The van der Waals surface area contributed by atoms with Gasteiger partial charge in [-0.3, -0.25) is 0 Å². The summed E-state index contributed by atoms with van der Waals surface area (Å²) in [6, 6.07) is 15.7. The van der Waals surface area contributed by atoms with Crippen LogP contribution in [-0.4, -0.2) is 6.03 Å². The van der Waals surface area contributed by atoms with Gasteiger partial charge in [0.25, 0.3) is 0 Å². The van der Waals surface area contributed by atoms with E-state index in [2.05, 4.69) is 10.6 Å². The van der Waals surface area contributed by atoms with Gasteiger partial charge in [0.2, 0.25) is 0 Å². The van der Waals surface area contributed by atoms with Crippen LogP contribution in [-0.2, 0) is 0 Å². The highest BCUT2D eigenvalue weighted by Gasteiger charge is 2.11. The lowest BCUT2D eigenvalue weighted by molar-refractivity contribution is 0.249. The fourth-order valence-electron chi connectivity index (χ4n) is 2.18. The Morgan fingerprint density at radius 3 is 2.15 bits per heavy atom. The van der Waals surface area contributed by atoms with E-state index in [1.54, 1.807) is 0 Å². The Morgan fingerprint density at radius 2 is 1.55 bits per heavy atom. The van der Waals surface area contributed by atoms with Crippen molar-refractivity contribution in [2.24, 2.45) is 0 Å². The zero-order valence-electron chi connectivity index (χ0n) is 12.1. The van der Waals surface area contributed by atoms with Crippen molar-refractivity contribution in [1.82, 2.24) is 5.32 Å². The smallest absolute Gasteiger partial charge is 0.319 e. The van der Waals surface area contributed by atoms with Crippen LogP contribution < -0.4 is 10.6 Å². The van der Waals surface area contributed by atoms with Crippen molar-refractivity contribution in [3.8, 4) is 0 Å². The van der Waals surface area contributed by atoms with Gasteiger partial charge in [0.1, 0.15) is 0 Å². The van der Waals surface area contributed by atoms with Crippen molar-refractivity contribution in [3.63, 3.8) is 0 Å². The Balaban J connectivity index is 2.03. The van der Waals surface area contributed by atoms with E-state index < -0.39 is 0 Å². The lowest BCUT2D eigenvalue weighted by Crippen LogP contribution is -2.31. The molecule has 0 saturated carbocycles. The highest BCUT2D eigenvalue weighted by atomic mass is 16.2. The Kier molecular flexibility index (Phi) is 4.41. The number of carbonyl (C=O) groups excluding carboxylic acids is 1. The molecule has 0 aliphatic rings. The number of urea groups is 1. The van der Waals surface area contributed by atoms with Crippen molar-refractivity contribution in [3.05, 3.63) is 65.2 Å². The maximum Gasteiger partial charge on any atom is 0.319 e. The number of anilines is 1. The van der Waals surface area contributed by atoms with Gasteiger partial charge in [-0.25, -0.2) is 4.79 Å². The highest BCUT2D eigenvalue weighted by Crippen LogP contribution is 2.19. The third-order valence-corrected chi connectivity index (χ3v) is 3.37. The number of aryl methyl sites for hydroxylation is 2. The monoisotopic (exact) mass is 268 g/mol. The van der Waals surface area contributed by atoms with Gasteiger partial charge < -0.3 is 10.6 Å². The summed E-state index contributed by atoms with van der Waals surface area (Å²) in [6.07, 6.45) is 0. The lowest BCUT2D eigenvalue weighted by Gasteiger charge is -2.17. The summed E-state index contributed by atoms with van der Waals surface area (Å²) in [6.45, 7) is 5.95. The normalized spacial score (nSPS) is 11.8. The Bertz CT molecular complexity index is 573. The second-order valence-corrected chi connectivity index (χ2v) is 5.00. The largest absolute Gasteiger partial charge is 0.331 e. The minimum absolute atomic E-state index is 0.0273. The SMILES string of the molecule is Cc1cccc(C)c1NC(=O)NC(C)c1ccccc1. The Labute approximate surface area is 120 Å². The van der Waals surface area contributed by atoms with Gasteiger partial charge in [-0.05, 0) is 37.5 Å². The fraction of sp³-hybridized carbons (Fsp3) is 0.235. The number of nitrogens with one attached hydrogen (secondary N) is 2. The second-order valence-electron chi connectivity index (χ2n) is 5.00. The van der Waals surface area contributed by atoms with Crippen molar-refractivity contribution >= 4 is 11.7 Å². The topological polar surface area (TPSA) is 41.1 Å². The van der Waals surface area contributed by atoms with Crippen molar-refractivity contribution in [1.29, 1.82) is 0 Å². The molecule has 0 aromatic heterocycles. The van der Waals surface area contributed by atoms with Crippen LogP contribution in [0.1, 0.15) is 29.7 Å². The molecule has 0 aliphatic carbocycles. The summed E-state index contributed by atoms with van der Waals surface area (Å²) in [5.41, 5.74) is 4.09. The first-order valence-electron chi connectivity index (χ1n) is 6.76. The molecule has 0 radical (unpaired) electrons. The molecule has 3 nitrogen and oxygen atoms in total. The summed E-state index contributed by atoms with van der Waals surface area (Å²) < 4.78 is 0. The zero-order chi connectivity index (χ0) is 14.5. The van der Waals surface area contributed by atoms with E-state index in [4.69, 9.17) is 0 Å². The van der Waals surface area contributed by atoms with Crippen molar-refractivity contribution in [2.75, 3.05) is 5.32 Å². The predicted octanol–water partition coefficient (Wildman–Crippen LogP) is 4.19. The van der Waals surface area contributed by atoms with Crippen LogP contribution in [0.5, 0.6) is 0 Å². The number of para-hydroxylation sites is 1. The van der Waals surface area contributed by atoms with Gasteiger partial charge in [0, 0.05) is 5.69 Å². The molecule has 2 amide bonds. The van der Waals surface area contributed by atoms with Gasteiger partial charge in [-0.1, -0.05) is 48.5 Å². The molecular formula is C17H20N2O. The van der Waals surface area contributed by atoms with E-state index in [0.29, 0.717) is 0 Å². The molecule has 2 rings (SSSR count). The molecule has 0 fully saturated rings. The second kappa shape index (κ2) is 6.24. The third-order valence-electron chi connectivity index (χ3n) is 3.37. The fourth-order valence-corrected chi connectivity index (χ4v) is 2.18. The molecule has 0 heterocycles. The lowest BCUT2D eigenvalue weighted by atomic mass is 10.1. The molecule has 1 unspecified atom stereocenters. The van der Waals surface area contributed by atoms with Gasteiger partial charge >= 0.3 is 6.03 Å². The van der Waals surface area contributed by atoms with Crippen molar-refractivity contribution in [2.45, 2.75) is 26.8 Å². The number of carbonyl (C=O) groups is 1. The third kappa shape index (κ3) is 3.38. The van der Waals surface area contributed by atoms with Crippen LogP contribution in [0.2, 0.25) is 0 Å². The highest BCUT2D eigenvalue weighted by molar-refractivity contribution is 5.91. The predicted molar refractivity (Wildman–Crippen MR) is 82.9 cm³/mol. The summed E-state index contributed by atoms with van der Waals surface area (Å²) in [5.74, 6) is 0. The molecule has 20 heavy (non-hydrogen) atoms. The number of amides is 2. The van der Waals surface area contributed by atoms with E-state index in [9.17, 15) is 4.79 Å². The summed E-state index contributed by atoms with van der Waals surface area (Å²) in [7, 11) is 0. The van der Waals surface area contributed by atoms with Gasteiger partial charge in [0.05, 0.1) is 6.04 Å². The Morgan fingerprint density at radius 1 is 0.950 bits per heavy atom. The maximum atomic E-state index is 12.1. The van der Waals surface area contributed by atoms with E-state index in [0.717, 1.165) is 22.4 Å². The number of hydrogen-bond acceptors (Lipinski definition) is 1. The minimum Gasteiger partial charge on any atom is -0.331 e. The summed E-state index contributed by atoms with van der Waals surface area (Å²) in [4.78, 5) is 12.1. The molecule has 0 saturated heterocycles. The minimum atomic E-state index is -0.182. The first-order chi connectivity index (χ1) is 9.58.